The molecule has 9 heteroatoms. The van der Waals surface area contributed by atoms with Crippen molar-refractivity contribution in [1.82, 2.24) is 25.1 Å². The van der Waals surface area contributed by atoms with Crippen LogP contribution in [0.2, 0.25) is 0 Å². The molecule has 0 aliphatic carbocycles. The number of carbonyl (C=O) groups excluding carboxylic acids is 1. The maximum Gasteiger partial charge on any atom is 0.220 e. The Morgan fingerprint density at radius 1 is 1.29 bits per heavy atom. The van der Waals surface area contributed by atoms with Crippen molar-refractivity contribution in [1.29, 1.82) is 0 Å². The Labute approximate surface area is 171 Å². The molecule has 2 N–H and O–H groups in total. The van der Waals surface area contributed by atoms with Crippen LogP contribution in [0.4, 0.5) is 5.82 Å². The van der Waals surface area contributed by atoms with Crippen LogP contribution in [0.1, 0.15) is 40.5 Å². The Balaban J connectivity index is 2.12. The van der Waals surface area contributed by atoms with Gasteiger partial charge in [0.25, 0.3) is 0 Å². The summed E-state index contributed by atoms with van der Waals surface area (Å²) in [6, 6.07) is 0. The molecule has 0 aromatic carbocycles. The summed E-state index contributed by atoms with van der Waals surface area (Å²) >= 11 is 1.63. The lowest BCUT2D eigenvalue weighted by Gasteiger charge is -2.17. The summed E-state index contributed by atoms with van der Waals surface area (Å²) in [5, 5.41) is 12.3. The molecular weight excluding hydrogens is 376 g/mol. The van der Waals surface area contributed by atoms with E-state index in [0.29, 0.717) is 32.7 Å². The molecule has 0 aliphatic rings. The summed E-state index contributed by atoms with van der Waals surface area (Å²) in [7, 11) is 1.67. The number of nitrogens with one attached hydrogen (secondary N) is 2. The molecule has 28 heavy (non-hydrogen) atoms. The highest BCUT2D eigenvalue weighted by Gasteiger charge is 2.16. The molecule has 156 valence electrons. The van der Waals surface area contributed by atoms with E-state index in [9.17, 15) is 4.79 Å². The van der Waals surface area contributed by atoms with Gasteiger partial charge in [0, 0.05) is 32.4 Å². The summed E-state index contributed by atoms with van der Waals surface area (Å²) in [4.78, 5) is 21.4. The Bertz CT molecular complexity index is 772. The predicted molar refractivity (Wildman–Crippen MR) is 114 cm³/mol. The van der Waals surface area contributed by atoms with Crippen LogP contribution in [0.15, 0.2) is 11.4 Å². The van der Waals surface area contributed by atoms with Crippen molar-refractivity contribution in [3.05, 3.63) is 6.20 Å². The number of ether oxygens (including phenoxy) is 1. The second-order valence-electron chi connectivity index (χ2n) is 7.82. The van der Waals surface area contributed by atoms with E-state index < -0.39 is 0 Å². The number of rotatable bonds is 11. The first-order chi connectivity index (χ1) is 13.3. The van der Waals surface area contributed by atoms with Crippen molar-refractivity contribution in [2.45, 2.75) is 52.2 Å². The Morgan fingerprint density at radius 3 is 2.75 bits per heavy atom. The largest absolute Gasteiger partial charge is 0.383 e. The van der Waals surface area contributed by atoms with E-state index in [1.807, 2.05) is 4.68 Å². The highest BCUT2D eigenvalue weighted by atomic mass is 32.2. The normalized spacial score (nSPS) is 11.8. The minimum atomic E-state index is -0.0239. The first kappa shape index (κ1) is 22.4. The van der Waals surface area contributed by atoms with Crippen LogP contribution >= 0.6 is 11.8 Å². The number of amides is 1. The molecule has 0 saturated carbocycles. The zero-order valence-electron chi connectivity index (χ0n) is 17.5. The minimum Gasteiger partial charge on any atom is -0.383 e. The van der Waals surface area contributed by atoms with Gasteiger partial charge in [0.1, 0.15) is 5.82 Å². The van der Waals surface area contributed by atoms with Crippen LogP contribution in [0.3, 0.4) is 0 Å². The number of hydrogen-bond acceptors (Lipinski definition) is 7. The molecule has 0 aliphatic heterocycles. The van der Waals surface area contributed by atoms with E-state index in [0.717, 1.165) is 34.2 Å². The molecule has 8 nitrogen and oxygen atoms in total. The minimum absolute atomic E-state index is 0.0239. The van der Waals surface area contributed by atoms with Gasteiger partial charge in [0.2, 0.25) is 5.91 Å². The van der Waals surface area contributed by atoms with Gasteiger partial charge in [0.05, 0.1) is 24.7 Å². The molecule has 2 aromatic rings. The molecular formula is C19H32N6O2S. The Morgan fingerprint density at radius 2 is 2.07 bits per heavy atom. The molecule has 0 unspecified atom stereocenters. The van der Waals surface area contributed by atoms with Crippen molar-refractivity contribution in [3.63, 3.8) is 0 Å². The summed E-state index contributed by atoms with van der Waals surface area (Å²) in [5.74, 6) is 1.78. The second-order valence-corrected chi connectivity index (χ2v) is 8.88. The molecule has 0 bridgehead atoms. The first-order valence-corrected chi connectivity index (χ1v) is 10.7. The summed E-state index contributed by atoms with van der Waals surface area (Å²) in [6.07, 6.45) is 3.33. The number of thioether (sulfide) groups is 1. The topological polar surface area (TPSA) is 94.0 Å². The lowest BCUT2D eigenvalue weighted by molar-refractivity contribution is -0.122. The number of aromatic nitrogens is 4. The smallest absolute Gasteiger partial charge is 0.220 e. The maximum atomic E-state index is 12.0. The SMILES string of the molecule is CCCSc1nc(NCCOC)c2cnn(CCNC(=O)CC(C)(C)C)c2n1. The maximum absolute atomic E-state index is 12.0. The average Bonchev–Trinajstić information content (AvgIpc) is 3.02. The van der Waals surface area contributed by atoms with Gasteiger partial charge in [-0.25, -0.2) is 14.6 Å². The van der Waals surface area contributed by atoms with Crippen LogP contribution in [0.25, 0.3) is 11.0 Å². The molecule has 0 atom stereocenters. The van der Waals surface area contributed by atoms with Gasteiger partial charge in [-0.05, 0) is 11.8 Å². The highest BCUT2D eigenvalue weighted by Crippen LogP contribution is 2.24. The molecule has 0 fully saturated rings. The number of methoxy groups -OCH3 is 1. The van der Waals surface area contributed by atoms with Crippen molar-refractivity contribution in [2.75, 3.05) is 37.9 Å². The highest BCUT2D eigenvalue weighted by molar-refractivity contribution is 7.99. The first-order valence-electron chi connectivity index (χ1n) is 9.70. The lowest BCUT2D eigenvalue weighted by Crippen LogP contribution is -2.30. The number of hydrogen-bond donors (Lipinski definition) is 2. The van der Waals surface area contributed by atoms with Crippen molar-refractivity contribution in [3.8, 4) is 0 Å². The van der Waals surface area contributed by atoms with Crippen molar-refractivity contribution < 1.29 is 9.53 Å². The van der Waals surface area contributed by atoms with Crippen molar-refractivity contribution in [2.24, 2.45) is 5.41 Å². The van der Waals surface area contributed by atoms with Crippen LogP contribution < -0.4 is 10.6 Å². The quantitative estimate of drug-likeness (QED) is 0.335. The molecule has 2 heterocycles. The molecule has 1 amide bonds. The third-order valence-electron chi connectivity index (χ3n) is 3.85. The Kier molecular flexibility index (Phi) is 8.50. The van der Waals surface area contributed by atoms with Crippen LogP contribution in [0.5, 0.6) is 0 Å². The molecule has 0 radical (unpaired) electrons. The molecule has 0 saturated heterocycles. The zero-order valence-corrected chi connectivity index (χ0v) is 18.4. The van der Waals surface area contributed by atoms with Gasteiger partial charge in [-0.15, -0.1) is 0 Å². The van der Waals surface area contributed by atoms with Crippen LogP contribution in [-0.2, 0) is 16.1 Å². The number of carbonyl (C=O) groups is 1. The van der Waals surface area contributed by atoms with Crippen molar-refractivity contribution >= 4 is 34.5 Å². The van der Waals surface area contributed by atoms with Gasteiger partial charge in [0.15, 0.2) is 10.8 Å². The third kappa shape index (κ3) is 6.94. The number of nitrogens with zero attached hydrogens (tertiary/aromatic N) is 4. The second kappa shape index (κ2) is 10.6. The average molecular weight is 409 g/mol. The monoisotopic (exact) mass is 408 g/mol. The predicted octanol–water partition coefficient (Wildman–Crippen LogP) is 2.94. The van der Waals surface area contributed by atoms with Crippen LogP contribution in [-0.4, -0.2) is 58.2 Å². The van der Waals surface area contributed by atoms with E-state index in [-0.39, 0.29) is 11.3 Å². The Hall–Kier alpha value is -1.87. The third-order valence-corrected chi connectivity index (χ3v) is 4.90. The summed E-state index contributed by atoms with van der Waals surface area (Å²) in [6.45, 7) is 10.6. The van der Waals surface area contributed by atoms with Gasteiger partial charge in [-0.1, -0.05) is 39.5 Å². The summed E-state index contributed by atoms with van der Waals surface area (Å²) < 4.78 is 6.94. The number of anilines is 1. The van der Waals surface area contributed by atoms with E-state index in [1.165, 1.54) is 0 Å². The van der Waals surface area contributed by atoms with Gasteiger partial charge in [-0.2, -0.15) is 5.10 Å². The standard InChI is InChI=1S/C19H32N6O2S/c1-6-11-28-18-23-16(21-8-10-27-5)14-13-22-25(17(14)24-18)9-7-20-15(26)12-19(2,3)4/h13H,6-12H2,1-5H3,(H,20,26)(H,21,23,24). The van der Waals surface area contributed by atoms with Gasteiger partial charge >= 0.3 is 0 Å². The van der Waals surface area contributed by atoms with Crippen LogP contribution in [0, 0.1) is 5.41 Å². The van der Waals surface area contributed by atoms with Gasteiger partial charge in [-0.3, -0.25) is 4.79 Å². The molecule has 2 rings (SSSR count). The lowest BCUT2D eigenvalue weighted by atomic mass is 9.92. The fourth-order valence-corrected chi connectivity index (χ4v) is 3.30. The fraction of sp³-hybridized carbons (Fsp3) is 0.684. The number of fused-ring (bicyclic) bond motifs is 1. The van der Waals surface area contributed by atoms with E-state index in [1.54, 1.807) is 25.1 Å². The van der Waals surface area contributed by atoms with E-state index >= 15 is 0 Å². The summed E-state index contributed by atoms with van der Waals surface area (Å²) in [5.41, 5.74) is 0.753. The fourth-order valence-electron chi connectivity index (χ4n) is 2.61. The molecule has 0 spiro atoms. The molecule has 2 aromatic heterocycles. The van der Waals surface area contributed by atoms with E-state index in [4.69, 9.17) is 4.74 Å². The van der Waals surface area contributed by atoms with Gasteiger partial charge < -0.3 is 15.4 Å². The zero-order chi connectivity index (χ0) is 20.6. The van der Waals surface area contributed by atoms with E-state index in [2.05, 4.69) is 53.4 Å².